The summed E-state index contributed by atoms with van der Waals surface area (Å²) in [4.78, 5) is 12.2. The first-order valence-corrected chi connectivity index (χ1v) is 8.36. The van der Waals surface area contributed by atoms with Crippen molar-refractivity contribution in [1.29, 1.82) is 0 Å². The highest BCUT2D eigenvalue weighted by molar-refractivity contribution is 5.93. The van der Waals surface area contributed by atoms with Gasteiger partial charge in [-0.2, -0.15) is 0 Å². The normalized spacial score (nSPS) is 14.0. The largest absolute Gasteiger partial charge is 0.378 e. The predicted molar refractivity (Wildman–Crippen MR) is 96.4 cm³/mol. The zero-order chi connectivity index (χ0) is 16.6. The summed E-state index contributed by atoms with van der Waals surface area (Å²) in [6, 6.07) is 20.9. The molecular formula is C20H23N3O. The van der Waals surface area contributed by atoms with Crippen LogP contribution in [-0.2, 0) is 4.79 Å². The lowest BCUT2D eigenvalue weighted by Crippen LogP contribution is -2.39. The molecule has 2 aromatic rings. The lowest BCUT2D eigenvalue weighted by molar-refractivity contribution is -0.117. The van der Waals surface area contributed by atoms with Crippen LogP contribution in [0.2, 0.25) is 0 Å². The Kier molecular flexibility index (Phi) is 5.64. The molecule has 0 saturated carbocycles. The molecular weight excluding hydrogens is 298 g/mol. The van der Waals surface area contributed by atoms with E-state index in [9.17, 15) is 4.79 Å². The van der Waals surface area contributed by atoms with Crippen LogP contribution in [0.4, 0.5) is 0 Å². The summed E-state index contributed by atoms with van der Waals surface area (Å²) in [5.41, 5.74) is 3.30. The highest BCUT2D eigenvalue weighted by Gasteiger charge is 2.15. The fourth-order valence-corrected chi connectivity index (χ4v) is 2.98. The van der Waals surface area contributed by atoms with Crippen molar-refractivity contribution in [3.63, 3.8) is 0 Å². The maximum atomic E-state index is 12.2. The lowest BCUT2D eigenvalue weighted by atomic mass is 9.88. The second kappa shape index (κ2) is 8.31. The van der Waals surface area contributed by atoms with E-state index in [2.05, 4.69) is 64.5 Å². The summed E-state index contributed by atoms with van der Waals surface area (Å²) in [6.45, 7) is 1.96. The number of benzene rings is 2. The van der Waals surface area contributed by atoms with Gasteiger partial charge in [0, 0.05) is 30.8 Å². The van der Waals surface area contributed by atoms with Crippen LogP contribution in [0.15, 0.2) is 72.4 Å². The van der Waals surface area contributed by atoms with E-state index in [-0.39, 0.29) is 11.8 Å². The molecule has 3 N–H and O–H groups in total. The molecule has 0 bridgehead atoms. The quantitative estimate of drug-likeness (QED) is 0.765. The van der Waals surface area contributed by atoms with Crippen molar-refractivity contribution < 1.29 is 4.79 Å². The first kappa shape index (κ1) is 16.3. The Morgan fingerprint density at radius 1 is 1.00 bits per heavy atom. The predicted octanol–water partition coefficient (Wildman–Crippen LogP) is 2.36. The smallest absolute Gasteiger partial charge is 0.249 e. The SMILES string of the molecule is O=C(NCCC(c1ccccc1)c1ccccc1)C1=CNCNC1. The molecule has 124 valence electrons. The van der Waals surface area contributed by atoms with Crippen molar-refractivity contribution in [2.24, 2.45) is 0 Å². The van der Waals surface area contributed by atoms with Gasteiger partial charge in [-0.05, 0) is 17.5 Å². The van der Waals surface area contributed by atoms with Crippen molar-refractivity contribution in [1.82, 2.24) is 16.0 Å². The molecule has 1 aliphatic heterocycles. The van der Waals surface area contributed by atoms with Gasteiger partial charge in [-0.3, -0.25) is 10.1 Å². The summed E-state index contributed by atoms with van der Waals surface area (Å²) in [5.74, 6) is 0.277. The average molecular weight is 321 g/mol. The van der Waals surface area contributed by atoms with Gasteiger partial charge >= 0.3 is 0 Å². The monoisotopic (exact) mass is 321 g/mol. The minimum Gasteiger partial charge on any atom is -0.378 e. The standard InChI is InChI=1S/C20H23N3O/c24-20(18-13-21-15-22-14-18)23-12-11-19(16-7-3-1-4-8-16)17-9-5-2-6-10-17/h1-10,13,19,21-22H,11-12,14-15H2,(H,23,24). The van der Waals surface area contributed by atoms with Crippen molar-refractivity contribution in [3.8, 4) is 0 Å². The zero-order valence-electron chi connectivity index (χ0n) is 13.7. The van der Waals surface area contributed by atoms with Gasteiger partial charge < -0.3 is 10.6 Å². The maximum absolute atomic E-state index is 12.2. The van der Waals surface area contributed by atoms with Crippen LogP contribution in [0.25, 0.3) is 0 Å². The number of hydrogen-bond donors (Lipinski definition) is 3. The molecule has 1 heterocycles. The van der Waals surface area contributed by atoms with Crippen LogP contribution in [0.5, 0.6) is 0 Å². The highest BCUT2D eigenvalue weighted by atomic mass is 16.1. The van der Waals surface area contributed by atoms with Gasteiger partial charge in [0.2, 0.25) is 5.91 Å². The molecule has 0 radical (unpaired) electrons. The van der Waals surface area contributed by atoms with E-state index in [0.29, 0.717) is 19.8 Å². The van der Waals surface area contributed by atoms with Crippen molar-refractivity contribution in [2.75, 3.05) is 19.8 Å². The lowest BCUT2D eigenvalue weighted by Gasteiger charge is -2.19. The average Bonchev–Trinajstić information content (AvgIpc) is 2.67. The first-order valence-electron chi connectivity index (χ1n) is 8.36. The Morgan fingerprint density at radius 2 is 1.62 bits per heavy atom. The maximum Gasteiger partial charge on any atom is 0.249 e. The van der Waals surface area contributed by atoms with Crippen LogP contribution in [0.3, 0.4) is 0 Å². The molecule has 0 fully saturated rings. The third-order valence-corrected chi connectivity index (χ3v) is 4.23. The van der Waals surface area contributed by atoms with E-state index in [1.54, 1.807) is 6.20 Å². The van der Waals surface area contributed by atoms with Gasteiger partial charge in [0.15, 0.2) is 0 Å². The van der Waals surface area contributed by atoms with Crippen molar-refractivity contribution in [2.45, 2.75) is 12.3 Å². The van der Waals surface area contributed by atoms with Crippen LogP contribution >= 0.6 is 0 Å². The van der Waals surface area contributed by atoms with Crippen molar-refractivity contribution in [3.05, 3.63) is 83.6 Å². The number of carbonyl (C=O) groups is 1. The molecule has 0 spiro atoms. The number of rotatable bonds is 6. The van der Waals surface area contributed by atoms with Gasteiger partial charge in [0.05, 0.1) is 6.67 Å². The Morgan fingerprint density at radius 3 is 2.17 bits per heavy atom. The molecule has 0 atom stereocenters. The van der Waals surface area contributed by atoms with E-state index in [4.69, 9.17) is 0 Å². The van der Waals surface area contributed by atoms with Crippen LogP contribution in [-0.4, -0.2) is 25.7 Å². The second-order valence-electron chi connectivity index (χ2n) is 5.90. The van der Waals surface area contributed by atoms with E-state index >= 15 is 0 Å². The van der Waals surface area contributed by atoms with Crippen LogP contribution in [0.1, 0.15) is 23.5 Å². The molecule has 0 saturated heterocycles. The van der Waals surface area contributed by atoms with E-state index in [1.807, 2.05) is 12.1 Å². The summed E-state index contributed by atoms with van der Waals surface area (Å²) >= 11 is 0. The Balaban J connectivity index is 1.64. The zero-order valence-corrected chi connectivity index (χ0v) is 13.7. The van der Waals surface area contributed by atoms with Crippen molar-refractivity contribution >= 4 is 5.91 Å². The fraction of sp³-hybridized carbons (Fsp3) is 0.250. The summed E-state index contributed by atoms with van der Waals surface area (Å²) < 4.78 is 0. The van der Waals surface area contributed by atoms with Crippen LogP contribution < -0.4 is 16.0 Å². The second-order valence-corrected chi connectivity index (χ2v) is 5.90. The van der Waals surface area contributed by atoms with Crippen LogP contribution in [0, 0.1) is 0 Å². The minimum absolute atomic E-state index is 0.00502. The topological polar surface area (TPSA) is 53.2 Å². The molecule has 1 amide bonds. The number of amides is 1. The molecule has 1 aliphatic rings. The van der Waals surface area contributed by atoms with Gasteiger partial charge in [-0.1, -0.05) is 60.7 Å². The van der Waals surface area contributed by atoms with Gasteiger partial charge in [-0.25, -0.2) is 0 Å². The fourth-order valence-electron chi connectivity index (χ4n) is 2.98. The molecule has 2 aromatic carbocycles. The molecule has 0 aliphatic carbocycles. The van der Waals surface area contributed by atoms with Gasteiger partial charge in [-0.15, -0.1) is 0 Å². The van der Waals surface area contributed by atoms with E-state index in [1.165, 1.54) is 11.1 Å². The third kappa shape index (κ3) is 4.24. The van der Waals surface area contributed by atoms with E-state index < -0.39 is 0 Å². The highest BCUT2D eigenvalue weighted by Crippen LogP contribution is 2.27. The summed E-state index contributed by atoms with van der Waals surface area (Å²) in [7, 11) is 0. The molecule has 0 unspecified atom stereocenters. The first-order chi connectivity index (χ1) is 11.8. The molecule has 0 aromatic heterocycles. The number of carbonyl (C=O) groups excluding carboxylic acids is 1. The van der Waals surface area contributed by atoms with E-state index in [0.717, 1.165) is 12.0 Å². The number of nitrogens with one attached hydrogen (secondary N) is 3. The Labute approximate surface area is 143 Å². The molecule has 24 heavy (non-hydrogen) atoms. The third-order valence-electron chi connectivity index (χ3n) is 4.23. The number of hydrogen-bond acceptors (Lipinski definition) is 3. The molecule has 4 nitrogen and oxygen atoms in total. The summed E-state index contributed by atoms with van der Waals surface area (Å²) in [6.07, 6.45) is 2.66. The minimum atomic E-state index is -0.00502. The molecule has 3 rings (SSSR count). The molecule has 4 heteroatoms. The summed E-state index contributed by atoms with van der Waals surface area (Å²) in [5, 5.41) is 9.19. The van der Waals surface area contributed by atoms with Gasteiger partial charge in [0.25, 0.3) is 0 Å². The Hall–Kier alpha value is -2.59. The van der Waals surface area contributed by atoms with Gasteiger partial charge in [0.1, 0.15) is 0 Å². The Bertz CT molecular complexity index is 643.